The molecule has 6 heteroatoms. The normalized spacial score (nSPS) is 20.3. The molecule has 0 spiro atoms. The molecule has 1 rings (SSSR count). The fourth-order valence-corrected chi connectivity index (χ4v) is 1.46. The second-order valence-corrected chi connectivity index (χ2v) is 4.10. The van der Waals surface area contributed by atoms with Gasteiger partial charge in [0.05, 0.1) is 11.6 Å². The van der Waals surface area contributed by atoms with Crippen LogP contribution in [0.5, 0.6) is 0 Å². The maximum Gasteiger partial charge on any atom is 0.243 e. The number of nitriles is 2. The molecule has 0 heterocycles. The summed E-state index contributed by atoms with van der Waals surface area (Å²) in [6, 6.07) is 3.12. The summed E-state index contributed by atoms with van der Waals surface area (Å²) in [6.45, 7) is 0. The Bertz CT molecular complexity index is 437. The standard InChI is InChI=1S/C8H2Cl2N2O2/c9-8(10)1-4(2-11)5(3-12)6(13)7(8)14/h1H2. The van der Waals surface area contributed by atoms with Crippen molar-refractivity contribution in [2.75, 3.05) is 0 Å². The number of Topliss-reactive ketones (excluding diaryl/α,β-unsaturated/α-hetero) is 2. The van der Waals surface area contributed by atoms with Gasteiger partial charge in [-0.1, -0.05) is 23.2 Å². The number of rotatable bonds is 0. The first kappa shape index (κ1) is 10.7. The van der Waals surface area contributed by atoms with Gasteiger partial charge in [0.2, 0.25) is 11.6 Å². The van der Waals surface area contributed by atoms with Gasteiger partial charge < -0.3 is 0 Å². The van der Waals surface area contributed by atoms with Crippen LogP contribution in [-0.4, -0.2) is 15.9 Å². The van der Waals surface area contributed by atoms with E-state index in [9.17, 15) is 9.59 Å². The molecule has 0 saturated heterocycles. The van der Waals surface area contributed by atoms with Crippen LogP contribution in [0.15, 0.2) is 11.1 Å². The Balaban J connectivity index is 3.37. The van der Waals surface area contributed by atoms with Gasteiger partial charge in [-0.2, -0.15) is 10.5 Å². The van der Waals surface area contributed by atoms with E-state index in [1.54, 1.807) is 6.07 Å². The van der Waals surface area contributed by atoms with Gasteiger partial charge in [0.1, 0.15) is 11.6 Å². The lowest BCUT2D eigenvalue weighted by atomic mass is 9.90. The molecule has 0 unspecified atom stereocenters. The monoisotopic (exact) mass is 228 g/mol. The smallest absolute Gasteiger partial charge is 0.243 e. The van der Waals surface area contributed by atoms with Crippen LogP contribution < -0.4 is 0 Å². The zero-order chi connectivity index (χ0) is 10.9. The van der Waals surface area contributed by atoms with E-state index in [1.807, 2.05) is 0 Å². The Morgan fingerprint density at radius 2 is 1.79 bits per heavy atom. The Labute approximate surface area is 89.3 Å². The Morgan fingerprint density at radius 3 is 2.21 bits per heavy atom. The maximum absolute atomic E-state index is 11.2. The average Bonchev–Trinajstić information content (AvgIpc) is 2.14. The molecule has 0 saturated carbocycles. The lowest BCUT2D eigenvalue weighted by Gasteiger charge is -2.21. The SMILES string of the molecule is N#CC1=C(C#N)C(=O)C(=O)C(Cl)(Cl)C1. The molecular formula is C8H2Cl2N2O2. The van der Waals surface area contributed by atoms with Gasteiger partial charge in [-0.05, 0) is 0 Å². The molecule has 1 aliphatic carbocycles. The highest BCUT2D eigenvalue weighted by atomic mass is 35.5. The number of allylic oxidation sites excluding steroid dienone is 2. The van der Waals surface area contributed by atoms with Crippen LogP contribution in [0.2, 0.25) is 0 Å². The van der Waals surface area contributed by atoms with Crippen LogP contribution in [0.3, 0.4) is 0 Å². The molecule has 0 aromatic rings. The van der Waals surface area contributed by atoms with E-state index in [2.05, 4.69) is 0 Å². The maximum atomic E-state index is 11.2. The van der Waals surface area contributed by atoms with Gasteiger partial charge in [0.25, 0.3) is 0 Å². The number of halogens is 2. The molecular weight excluding hydrogens is 227 g/mol. The molecule has 0 amide bonds. The van der Waals surface area contributed by atoms with Crippen molar-refractivity contribution >= 4 is 34.8 Å². The summed E-state index contributed by atoms with van der Waals surface area (Å²) in [6.07, 6.45) is -0.305. The van der Waals surface area contributed by atoms with Crippen LogP contribution in [0.25, 0.3) is 0 Å². The van der Waals surface area contributed by atoms with E-state index in [0.717, 1.165) is 0 Å². The van der Waals surface area contributed by atoms with Crippen molar-refractivity contribution in [3.8, 4) is 12.1 Å². The van der Waals surface area contributed by atoms with E-state index in [0.29, 0.717) is 0 Å². The molecule has 0 fully saturated rings. The summed E-state index contributed by atoms with van der Waals surface area (Å²) in [5.74, 6) is -2.16. The van der Waals surface area contributed by atoms with Crippen molar-refractivity contribution in [3.05, 3.63) is 11.1 Å². The van der Waals surface area contributed by atoms with Gasteiger partial charge in [0.15, 0.2) is 4.33 Å². The van der Waals surface area contributed by atoms with Crippen LogP contribution in [0.1, 0.15) is 6.42 Å². The molecule has 0 atom stereocenters. The van der Waals surface area contributed by atoms with E-state index in [4.69, 9.17) is 33.7 Å². The van der Waals surface area contributed by atoms with Crippen molar-refractivity contribution < 1.29 is 9.59 Å². The molecule has 70 valence electrons. The highest BCUT2D eigenvalue weighted by Gasteiger charge is 2.45. The fourth-order valence-electron chi connectivity index (χ4n) is 1.02. The topological polar surface area (TPSA) is 81.7 Å². The summed E-state index contributed by atoms with van der Waals surface area (Å²) in [5.41, 5.74) is -0.614. The Hall–Kier alpha value is -1.36. The first-order valence-corrected chi connectivity index (χ1v) is 4.20. The zero-order valence-corrected chi connectivity index (χ0v) is 8.19. The lowest BCUT2D eigenvalue weighted by Crippen LogP contribution is -2.38. The van der Waals surface area contributed by atoms with Crippen molar-refractivity contribution in [2.24, 2.45) is 0 Å². The predicted octanol–water partition coefficient (Wildman–Crippen LogP) is 1.05. The molecule has 0 bridgehead atoms. The minimum absolute atomic E-state index is 0.151. The molecule has 0 aromatic carbocycles. The third-order valence-corrected chi connectivity index (χ3v) is 2.32. The molecule has 14 heavy (non-hydrogen) atoms. The van der Waals surface area contributed by atoms with Crippen LogP contribution in [0.4, 0.5) is 0 Å². The van der Waals surface area contributed by atoms with Crippen molar-refractivity contribution in [1.29, 1.82) is 10.5 Å². The number of ketones is 2. The van der Waals surface area contributed by atoms with Crippen molar-refractivity contribution in [3.63, 3.8) is 0 Å². The van der Waals surface area contributed by atoms with Crippen LogP contribution in [-0.2, 0) is 9.59 Å². The minimum Gasteiger partial charge on any atom is -0.287 e. The molecule has 0 aromatic heterocycles. The number of hydrogen-bond donors (Lipinski definition) is 0. The number of alkyl halides is 2. The first-order chi connectivity index (χ1) is 6.44. The van der Waals surface area contributed by atoms with Gasteiger partial charge in [0, 0.05) is 6.42 Å². The number of carbonyl (C=O) groups excluding carboxylic acids is 2. The quantitative estimate of drug-likeness (QED) is 0.459. The summed E-state index contributed by atoms with van der Waals surface area (Å²) in [7, 11) is 0. The fraction of sp³-hybridized carbons (Fsp3) is 0.250. The van der Waals surface area contributed by atoms with Crippen LogP contribution >= 0.6 is 23.2 Å². The molecule has 1 aliphatic rings. The van der Waals surface area contributed by atoms with E-state index in [1.165, 1.54) is 6.07 Å². The zero-order valence-electron chi connectivity index (χ0n) is 6.67. The molecule has 0 N–H and O–H groups in total. The second kappa shape index (κ2) is 3.42. The first-order valence-electron chi connectivity index (χ1n) is 3.44. The van der Waals surface area contributed by atoms with E-state index < -0.39 is 21.5 Å². The predicted molar refractivity (Wildman–Crippen MR) is 47.3 cm³/mol. The molecule has 0 radical (unpaired) electrons. The molecule has 4 nitrogen and oxygen atoms in total. The molecule has 0 aliphatic heterocycles. The largest absolute Gasteiger partial charge is 0.287 e. The van der Waals surface area contributed by atoms with Gasteiger partial charge >= 0.3 is 0 Å². The van der Waals surface area contributed by atoms with Gasteiger partial charge in [-0.3, -0.25) is 9.59 Å². The number of carbonyl (C=O) groups is 2. The van der Waals surface area contributed by atoms with Gasteiger partial charge in [-0.25, -0.2) is 0 Å². The number of nitrogens with zero attached hydrogens (tertiary/aromatic N) is 2. The minimum atomic E-state index is -1.91. The number of hydrogen-bond acceptors (Lipinski definition) is 4. The third-order valence-electron chi connectivity index (χ3n) is 1.71. The highest BCUT2D eigenvalue weighted by molar-refractivity contribution is 6.70. The van der Waals surface area contributed by atoms with E-state index >= 15 is 0 Å². The third kappa shape index (κ3) is 1.50. The van der Waals surface area contributed by atoms with E-state index in [-0.39, 0.29) is 12.0 Å². The van der Waals surface area contributed by atoms with Crippen molar-refractivity contribution in [1.82, 2.24) is 0 Å². The Morgan fingerprint density at radius 1 is 1.21 bits per heavy atom. The summed E-state index contributed by atoms with van der Waals surface area (Å²) in [4.78, 5) is 22.4. The van der Waals surface area contributed by atoms with Crippen LogP contribution in [0, 0.1) is 22.7 Å². The van der Waals surface area contributed by atoms with Crippen molar-refractivity contribution in [2.45, 2.75) is 10.8 Å². The summed E-state index contributed by atoms with van der Waals surface area (Å²) >= 11 is 11.0. The summed E-state index contributed by atoms with van der Waals surface area (Å²) in [5, 5.41) is 17.1. The van der Waals surface area contributed by atoms with Gasteiger partial charge in [-0.15, -0.1) is 0 Å². The Kier molecular flexibility index (Phi) is 2.62. The summed E-state index contributed by atoms with van der Waals surface area (Å²) < 4.78 is -1.91. The average molecular weight is 229 g/mol. The second-order valence-electron chi connectivity index (χ2n) is 2.62. The lowest BCUT2D eigenvalue weighted by molar-refractivity contribution is -0.135. The highest BCUT2D eigenvalue weighted by Crippen LogP contribution is 2.36.